The maximum Gasteiger partial charge on any atom is 0.0478 e. The third kappa shape index (κ3) is 7.24. The quantitative estimate of drug-likeness (QED) is 0.610. The Kier molecular flexibility index (Phi) is 8.83. The average Bonchev–Trinajstić information content (AvgIpc) is 2.34. The summed E-state index contributed by atoms with van der Waals surface area (Å²) in [5.41, 5.74) is 0. The fraction of sp³-hybridized carbons (Fsp3) is 1.00. The third-order valence-corrected chi connectivity index (χ3v) is 3.44. The minimum atomic E-state index is 0.928. The lowest BCUT2D eigenvalue weighted by Crippen LogP contribution is -2.26. The molecule has 0 aromatic carbocycles. The van der Waals surface area contributed by atoms with Gasteiger partial charge in [0.25, 0.3) is 0 Å². The molecule has 0 amide bonds. The van der Waals surface area contributed by atoms with E-state index in [0.717, 1.165) is 32.1 Å². The molecule has 1 aliphatic rings. The van der Waals surface area contributed by atoms with E-state index in [-0.39, 0.29) is 0 Å². The van der Waals surface area contributed by atoms with Crippen molar-refractivity contribution in [1.82, 2.24) is 5.32 Å². The first-order valence-electron chi connectivity index (χ1n) is 7.22. The topological polar surface area (TPSA) is 21.3 Å². The van der Waals surface area contributed by atoms with Gasteiger partial charge in [-0.05, 0) is 44.7 Å². The Bertz CT molecular complexity index is 144. The van der Waals surface area contributed by atoms with E-state index >= 15 is 0 Å². The molecule has 0 unspecified atom stereocenters. The molecule has 96 valence electrons. The number of nitrogens with one attached hydrogen (secondary N) is 1. The molecule has 16 heavy (non-hydrogen) atoms. The highest BCUT2D eigenvalue weighted by molar-refractivity contribution is 4.67. The molecule has 2 heteroatoms. The zero-order valence-corrected chi connectivity index (χ0v) is 11.0. The van der Waals surface area contributed by atoms with E-state index in [1.54, 1.807) is 0 Å². The van der Waals surface area contributed by atoms with Gasteiger partial charge in [0.15, 0.2) is 0 Å². The van der Waals surface area contributed by atoms with Gasteiger partial charge in [-0.25, -0.2) is 0 Å². The van der Waals surface area contributed by atoms with E-state index < -0.39 is 0 Å². The summed E-state index contributed by atoms with van der Waals surface area (Å²) in [6.45, 7) is 6.43. The van der Waals surface area contributed by atoms with Crippen LogP contribution in [0.15, 0.2) is 0 Å². The van der Waals surface area contributed by atoms with Gasteiger partial charge in [-0.3, -0.25) is 0 Å². The minimum Gasteiger partial charge on any atom is -0.381 e. The van der Waals surface area contributed by atoms with Gasteiger partial charge in [0.1, 0.15) is 0 Å². The van der Waals surface area contributed by atoms with Gasteiger partial charge in [0, 0.05) is 13.2 Å². The Morgan fingerprint density at radius 2 is 1.81 bits per heavy atom. The average molecular weight is 227 g/mol. The smallest absolute Gasteiger partial charge is 0.0478 e. The van der Waals surface area contributed by atoms with Crippen LogP contribution in [0.25, 0.3) is 0 Å². The molecule has 0 spiro atoms. The lowest BCUT2D eigenvalue weighted by molar-refractivity contribution is 0.128. The first kappa shape index (κ1) is 14.0. The van der Waals surface area contributed by atoms with E-state index in [4.69, 9.17) is 4.74 Å². The Morgan fingerprint density at radius 3 is 2.56 bits per heavy atom. The lowest BCUT2D eigenvalue weighted by Gasteiger charge is -2.21. The van der Waals surface area contributed by atoms with Gasteiger partial charge < -0.3 is 10.1 Å². The van der Waals surface area contributed by atoms with Crippen molar-refractivity contribution in [1.29, 1.82) is 0 Å². The second-order valence-electron chi connectivity index (χ2n) is 5.03. The van der Waals surface area contributed by atoms with Crippen LogP contribution in [0.2, 0.25) is 0 Å². The molecule has 1 fully saturated rings. The van der Waals surface area contributed by atoms with E-state index in [0.29, 0.717) is 0 Å². The summed E-state index contributed by atoms with van der Waals surface area (Å²) in [6, 6.07) is 0. The van der Waals surface area contributed by atoms with Crippen molar-refractivity contribution < 1.29 is 4.74 Å². The number of hydrogen-bond acceptors (Lipinski definition) is 2. The van der Waals surface area contributed by atoms with Crippen LogP contribution in [0, 0.1) is 5.92 Å². The first-order chi connectivity index (χ1) is 7.93. The van der Waals surface area contributed by atoms with Crippen molar-refractivity contribution in [2.24, 2.45) is 5.92 Å². The maximum atomic E-state index is 5.53. The molecule has 0 saturated heterocycles. The van der Waals surface area contributed by atoms with Gasteiger partial charge in [-0.1, -0.05) is 32.6 Å². The SMILES string of the molecule is CCCCOCCCNCC1CCCCC1. The summed E-state index contributed by atoms with van der Waals surface area (Å²) >= 11 is 0. The highest BCUT2D eigenvalue weighted by atomic mass is 16.5. The third-order valence-electron chi connectivity index (χ3n) is 3.44. The van der Waals surface area contributed by atoms with E-state index in [2.05, 4.69) is 12.2 Å². The fourth-order valence-corrected chi connectivity index (χ4v) is 2.35. The summed E-state index contributed by atoms with van der Waals surface area (Å²) in [5, 5.41) is 3.57. The maximum absolute atomic E-state index is 5.53. The molecule has 2 nitrogen and oxygen atoms in total. The molecule has 0 aromatic rings. The van der Waals surface area contributed by atoms with Crippen LogP contribution < -0.4 is 5.32 Å². The zero-order chi connectivity index (χ0) is 11.5. The largest absolute Gasteiger partial charge is 0.381 e. The number of rotatable bonds is 9. The van der Waals surface area contributed by atoms with Gasteiger partial charge in [-0.2, -0.15) is 0 Å². The molecule has 0 aromatic heterocycles. The molecular formula is C14H29NO. The molecule has 0 aliphatic heterocycles. The molecule has 0 bridgehead atoms. The normalized spacial score (nSPS) is 17.8. The second kappa shape index (κ2) is 10.1. The number of ether oxygens (including phenoxy) is 1. The summed E-state index contributed by atoms with van der Waals surface area (Å²) in [7, 11) is 0. The number of hydrogen-bond donors (Lipinski definition) is 1. The predicted octanol–water partition coefficient (Wildman–Crippen LogP) is 3.36. The second-order valence-corrected chi connectivity index (χ2v) is 5.03. The highest BCUT2D eigenvalue weighted by Gasteiger charge is 2.11. The Labute approximate surface area is 101 Å². The molecule has 1 N–H and O–H groups in total. The van der Waals surface area contributed by atoms with Crippen LogP contribution in [0.4, 0.5) is 0 Å². The van der Waals surface area contributed by atoms with Gasteiger partial charge in [-0.15, -0.1) is 0 Å². The van der Waals surface area contributed by atoms with Crippen molar-refractivity contribution in [3.8, 4) is 0 Å². The van der Waals surface area contributed by atoms with Crippen LogP contribution in [0.3, 0.4) is 0 Å². The lowest BCUT2D eigenvalue weighted by atomic mass is 9.89. The molecule has 1 rings (SSSR count). The van der Waals surface area contributed by atoms with Crippen molar-refractivity contribution in [3.63, 3.8) is 0 Å². The minimum absolute atomic E-state index is 0.928. The van der Waals surface area contributed by atoms with Crippen LogP contribution in [0.1, 0.15) is 58.3 Å². The monoisotopic (exact) mass is 227 g/mol. The molecule has 0 atom stereocenters. The molecule has 0 radical (unpaired) electrons. The Hall–Kier alpha value is -0.0800. The summed E-state index contributed by atoms with van der Waals surface area (Å²) in [5.74, 6) is 0.953. The molecule has 1 aliphatic carbocycles. The fourth-order valence-electron chi connectivity index (χ4n) is 2.35. The van der Waals surface area contributed by atoms with Crippen molar-refractivity contribution in [2.45, 2.75) is 58.3 Å². The van der Waals surface area contributed by atoms with Crippen molar-refractivity contribution in [2.75, 3.05) is 26.3 Å². The summed E-state index contributed by atoms with van der Waals surface area (Å²) in [6.07, 6.45) is 10.9. The standard InChI is InChI=1S/C14H29NO/c1-2-3-11-16-12-7-10-15-13-14-8-5-4-6-9-14/h14-15H,2-13H2,1H3. The van der Waals surface area contributed by atoms with Crippen molar-refractivity contribution in [3.05, 3.63) is 0 Å². The molecule has 1 saturated carbocycles. The highest BCUT2D eigenvalue weighted by Crippen LogP contribution is 2.22. The van der Waals surface area contributed by atoms with Gasteiger partial charge in [0.2, 0.25) is 0 Å². The van der Waals surface area contributed by atoms with Crippen LogP contribution in [-0.4, -0.2) is 26.3 Å². The van der Waals surface area contributed by atoms with Crippen LogP contribution >= 0.6 is 0 Å². The van der Waals surface area contributed by atoms with Gasteiger partial charge >= 0.3 is 0 Å². The molecular weight excluding hydrogens is 198 g/mol. The van der Waals surface area contributed by atoms with Crippen LogP contribution in [-0.2, 0) is 4.74 Å². The van der Waals surface area contributed by atoms with Gasteiger partial charge in [0.05, 0.1) is 0 Å². The zero-order valence-electron chi connectivity index (χ0n) is 11.0. The van der Waals surface area contributed by atoms with E-state index in [9.17, 15) is 0 Å². The summed E-state index contributed by atoms with van der Waals surface area (Å²) < 4.78 is 5.53. The van der Waals surface area contributed by atoms with E-state index in [1.165, 1.54) is 51.5 Å². The van der Waals surface area contributed by atoms with Crippen molar-refractivity contribution >= 4 is 0 Å². The predicted molar refractivity (Wildman–Crippen MR) is 69.8 cm³/mol. The Morgan fingerprint density at radius 1 is 1.06 bits per heavy atom. The van der Waals surface area contributed by atoms with E-state index in [1.807, 2.05) is 0 Å². The first-order valence-corrected chi connectivity index (χ1v) is 7.22. The van der Waals surface area contributed by atoms with Crippen LogP contribution in [0.5, 0.6) is 0 Å². The Balaban J connectivity index is 1.77. The summed E-state index contributed by atoms with van der Waals surface area (Å²) in [4.78, 5) is 0. The molecule has 0 heterocycles. The number of unbranched alkanes of at least 4 members (excludes halogenated alkanes) is 1.